The van der Waals surface area contributed by atoms with Gasteiger partial charge in [0.2, 0.25) is 5.89 Å². The summed E-state index contributed by atoms with van der Waals surface area (Å²) in [5.74, 6) is 4.01. The Kier molecular flexibility index (Phi) is 4.49. The second-order valence-corrected chi connectivity index (χ2v) is 7.11. The maximum Gasteiger partial charge on any atom is 0.229 e. The summed E-state index contributed by atoms with van der Waals surface area (Å²) in [5.41, 5.74) is 0.910. The first-order chi connectivity index (χ1) is 12.7. The van der Waals surface area contributed by atoms with Crippen LogP contribution in [0.15, 0.2) is 34.9 Å². The molecule has 1 aromatic carbocycles. The number of piperidine rings is 1. The van der Waals surface area contributed by atoms with Crippen LogP contribution in [0.1, 0.15) is 50.2 Å². The molecule has 0 saturated carbocycles. The highest BCUT2D eigenvalue weighted by atomic mass is 16.5. The Morgan fingerprint density at radius 3 is 2.62 bits per heavy atom. The van der Waals surface area contributed by atoms with E-state index in [-0.39, 0.29) is 0 Å². The predicted octanol–water partition coefficient (Wildman–Crippen LogP) is 4.13. The summed E-state index contributed by atoms with van der Waals surface area (Å²) in [5, 5.41) is 5.19. The number of fused-ring (bicyclic) bond motifs is 1. The SMILES string of the molecule is COc1cccc2ccc(N3CCC(c4nc(C(C)C)no4)CC3)nc12. The molecule has 0 unspecified atom stereocenters. The molecule has 0 amide bonds. The van der Waals surface area contributed by atoms with E-state index in [2.05, 4.69) is 47.1 Å². The van der Waals surface area contributed by atoms with Gasteiger partial charge >= 0.3 is 0 Å². The van der Waals surface area contributed by atoms with Gasteiger partial charge in [0.1, 0.15) is 17.1 Å². The fourth-order valence-corrected chi connectivity index (χ4v) is 3.45. The Hall–Kier alpha value is -2.63. The summed E-state index contributed by atoms with van der Waals surface area (Å²) in [6.07, 6.45) is 1.98. The number of ether oxygens (including phenoxy) is 1. The number of anilines is 1. The second-order valence-electron chi connectivity index (χ2n) is 7.11. The van der Waals surface area contributed by atoms with Gasteiger partial charge in [0.15, 0.2) is 5.82 Å². The molecule has 2 aromatic heterocycles. The zero-order chi connectivity index (χ0) is 18.1. The van der Waals surface area contributed by atoms with E-state index >= 15 is 0 Å². The lowest BCUT2D eigenvalue weighted by atomic mass is 9.96. The highest BCUT2D eigenvalue weighted by molar-refractivity contribution is 5.85. The predicted molar refractivity (Wildman–Crippen MR) is 101 cm³/mol. The van der Waals surface area contributed by atoms with Crippen LogP contribution < -0.4 is 9.64 Å². The number of para-hydroxylation sites is 1. The van der Waals surface area contributed by atoms with E-state index in [4.69, 9.17) is 14.2 Å². The van der Waals surface area contributed by atoms with Gasteiger partial charge in [-0.1, -0.05) is 31.1 Å². The molecule has 0 atom stereocenters. The average Bonchev–Trinajstić information content (AvgIpc) is 3.18. The number of pyridine rings is 1. The maximum absolute atomic E-state index is 5.48. The monoisotopic (exact) mass is 352 g/mol. The fourth-order valence-electron chi connectivity index (χ4n) is 3.45. The molecule has 1 aliphatic heterocycles. The van der Waals surface area contributed by atoms with Crippen LogP contribution in [0.5, 0.6) is 5.75 Å². The molecule has 3 aromatic rings. The van der Waals surface area contributed by atoms with Crippen molar-refractivity contribution < 1.29 is 9.26 Å². The molecule has 1 aliphatic rings. The number of aromatic nitrogens is 3. The van der Waals surface area contributed by atoms with Crippen LogP contribution in [-0.2, 0) is 0 Å². The molecule has 136 valence electrons. The largest absolute Gasteiger partial charge is 0.494 e. The molecule has 0 spiro atoms. The van der Waals surface area contributed by atoms with Crippen LogP contribution in [0, 0.1) is 0 Å². The van der Waals surface area contributed by atoms with E-state index < -0.39 is 0 Å². The van der Waals surface area contributed by atoms with Gasteiger partial charge in [-0.25, -0.2) is 4.98 Å². The van der Waals surface area contributed by atoms with Gasteiger partial charge in [-0.15, -0.1) is 0 Å². The third kappa shape index (κ3) is 3.11. The van der Waals surface area contributed by atoms with E-state index in [1.54, 1.807) is 7.11 Å². The Labute approximate surface area is 153 Å². The number of methoxy groups -OCH3 is 1. The normalized spacial score (nSPS) is 15.8. The van der Waals surface area contributed by atoms with E-state index in [1.165, 1.54) is 0 Å². The lowest BCUT2D eigenvalue weighted by molar-refractivity contribution is 0.325. The molecule has 6 nitrogen and oxygen atoms in total. The topological polar surface area (TPSA) is 64.3 Å². The number of benzene rings is 1. The minimum atomic E-state index is 0.296. The van der Waals surface area contributed by atoms with Gasteiger partial charge < -0.3 is 14.2 Å². The molecule has 3 heterocycles. The zero-order valence-electron chi connectivity index (χ0n) is 15.5. The highest BCUT2D eigenvalue weighted by Crippen LogP contribution is 2.31. The number of hydrogen-bond donors (Lipinski definition) is 0. The minimum absolute atomic E-state index is 0.296. The average molecular weight is 352 g/mol. The molecule has 1 saturated heterocycles. The fraction of sp³-hybridized carbons (Fsp3) is 0.450. The van der Waals surface area contributed by atoms with E-state index in [9.17, 15) is 0 Å². The molecule has 0 radical (unpaired) electrons. The molecule has 1 fully saturated rings. The summed E-state index contributed by atoms with van der Waals surface area (Å²) in [7, 11) is 1.68. The van der Waals surface area contributed by atoms with Crippen LogP contribution in [0.4, 0.5) is 5.82 Å². The Morgan fingerprint density at radius 2 is 1.92 bits per heavy atom. The Balaban J connectivity index is 1.50. The van der Waals surface area contributed by atoms with Crippen molar-refractivity contribution in [2.75, 3.05) is 25.1 Å². The maximum atomic E-state index is 5.48. The Morgan fingerprint density at radius 1 is 1.12 bits per heavy atom. The van der Waals surface area contributed by atoms with E-state index in [0.717, 1.165) is 60.1 Å². The summed E-state index contributed by atoms with van der Waals surface area (Å²) < 4.78 is 10.9. The van der Waals surface area contributed by atoms with E-state index in [0.29, 0.717) is 11.8 Å². The first-order valence-corrected chi connectivity index (χ1v) is 9.18. The van der Waals surface area contributed by atoms with Crippen molar-refractivity contribution in [3.63, 3.8) is 0 Å². The molecular weight excluding hydrogens is 328 g/mol. The summed E-state index contributed by atoms with van der Waals surface area (Å²) >= 11 is 0. The van der Waals surface area contributed by atoms with Crippen molar-refractivity contribution >= 4 is 16.7 Å². The van der Waals surface area contributed by atoms with Crippen LogP contribution >= 0.6 is 0 Å². The molecule has 0 N–H and O–H groups in total. The lowest BCUT2D eigenvalue weighted by Crippen LogP contribution is -2.33. The number of rotatable bonds is 4. The van der Waals surface area contributed by atoms with Crippen molar-refractivity contribution in [1.82, 2.24) is 15.1 Å². The molecule has 0 aliphatic carbocycles. The van der Waals surface area contributed by atoms with Crippen molar-refractivity contribution in [2.45, 2.75) is 38.5 Å². The molecule has 26 heavy (non-hydrogen) atoms. The van der Waals surface area contributed by atoms with Gasteiger partial charge in [-0.2, -0.15) is 4.98 Å². The van der Waals surface area contributed by atoms with Crippen molar-refractivity contribution in [3.05, 3.63) is 42.0 Å². The zero-order valence-corrected chi connectivity index (χ0v) is 15.5. The summed E-state index contributed by atoms with van der Waals surface area (Å²) in [4.78, 5) is 11.7. The minimum Gasteiger partial charge on any atom is -0.494 e. The molecule has 0 bridgehead atoms. The lowest BCUT2D eigenvalue weighted by Gasteiger charge is -2.31. The Bertz CT molecular complexity index is 898. The smallest absolute Gasteiger partial charge is 0.229 e. The van der Waals surface area contributed by atoms with Crippen molar-refractivity contribution in [1.29, 1.82) is 0 Å². The summed E-state index contributed by atoms with van der Waals surface area (Å²) in [6.45, 7) is 6.02. The van der Waals surface area contributed by atoms with Gasteiger partial charge in [0, 0.05) is 30.3 Å². The third-order valence-corrected chi connectivity index (χ3v) is 5.03. The number of nitrogens with zero attached hydrogens (tertiary/aromatic N) is 4. The molecule has 6 heteroatoms. The summed E-state index contributed by atoms with van der Waals surface area (Å²) in [6, 6.07) is 10.2. The standard InChI is InChI=1S/C20H24N4O2/c1-13(2)19-22-20(26-23-19)15-9-11-24(12-10-15)17-8-7-14-5-4-6-16(25-3)18(14)21-17/h4-8,13,15H,9-12H2,1-3H3. The first kappa shape index (κ1) is 16.8. The van der Waals surface area contributed by atoms with Crippen molar-refractivity contribution in [3.8, 4) is 5.75 Å². The van der Waals surface area contributed by atoms with Crippen LogP contribution in [0.2, 0.25) is 0 Å². The molecular formula is C20H24N4O2. The van der Waals surface area contributed by atoms with Crippen LogP contribution in [-0.4, -0.2) is 35.3 Å². The first-order valence-electron chi connectivity index (χ1n) is 9.18. The number of hydrogen-bond acceptors (Lipinski definition) is 6. The van der Waals surface area contributed by atoms with Gasteiger partial charge in [0.05, 0.1) is 7.11 Å². The third-order valence-electron chi connectivity index (χ3n) is 5.03. The van der Waals surface area contributed by atoms with Gasteiger partial charge in [0.25, 0.3) is 0 Å². The highest BCUT2D eigenvalue weighted by Gasteiger charge is 2.26. The second kappa shape index (κ2) is 6.94. The van der Waals surface area contributed by atoms with Gasteiger partial charge in [-0.3, -0.25) is 0 Å². The quantitative estimate of drug-likeness (QED) is 0.703. The van der Waals surface area contributed by atoms with Crippen molar-refractivity contribution in [2.24, 2.45) is 0 Å². The van der Waals surface area contributed by atoms with E-state index in [1.807, 2.05) is 12.1 Å². The van der Waals surface area contributed by atoms with Gasteiger partial charge in [-0.05, 0) is 31.0 Å². The van der Waals surface area contributed by atoms with Crippen LogP contribution in [0.3, 0.4) is 0 Å². The molecule has 4 rings (SSSR count). The van der Waals surface area contributed by atoms with Crippen LogP contribution in [0.25, 0.3) is 10.9 Å².